The predicted molar refractivity (Wildman–Crippen MR) is 137 cm³/mol. The number of halogens is 1. The minimum atomic E-state index is -0.193. The first-order valence-electron chi connectivity index (χ1n) is 10.3. The summed E-state index contributed by atoms with van der Waals surface area (Å²) in [6.07, 6.45) is 1.83. The number of amides is 2. The van der Waals surface area contributed by atoms with E-state index in [1.54, 1.807) is 0 Å². The number of carbonyl (C=O) groups excluding carboxylic acids is 1. The lowest BCUT2D eigenvalue weighted by Crippen LogP contribution is -2.52. The van der Waals surface area contributed by atoms with Gasteiger partial charge < -0.3 is 25.8 Å². The van der Waals surface area contributed by atoms with Crippen molar-refractivity contribution in [2.45, 2.75) is 26.4 Å². The van der Waals surface area contributed by atoms with Crippen molar-refractivity contribution in [2.24, 2.45) is 4.99 Å². The minimum absolute atomic E-state index is 0. The summed E-state index contributed by atoms with van der Waals surface area (Å²) in [6.45, 7) is 8.14. The summed E-state index contributed by atoms with van der Waals surface area (Å²) in [4.78, 5) is 25.2. The van der Waals surface area contributed by atoms with Crippen molar-refractivity contribution in [3.05, 3.63) is 54.2 Å². The van der Waals surface area contributed by atoms with Gasteiger partial charge in [0.05, 0.1) is 0 Å². The number of hydrogen-bond acceptors (Lipinski definition) is 4. The number of piperazine rings is 1. The molecule has 0 radical (unpaired) electrons. The van der Waals surface area contributed by atoms with Crippen LogP contribution in [0.1, 0.15) is 19.4 Å². The second kappa shape index (κ2) is 12.3. The van der Waals surface area contributed by atoms with E-state index < -0.39 is 0 Å². The van der Waals surface area contributed by atoms with E-state index in [-0.39, 0.29) is 36.0 Å². The van der Waals surface area contributed by atoms with Crippen molar-refractivity contribution >= 4 is 47.5 Å². The van der Waals surface area contributed by atoms with Crippen molar-refractivity contribution < 1.29 is 4.79 Å². The maximum atomic E-state index is 11.8. The van der Waals surface area contributed by atoms with Crippen LogP contribution in [-0.2, 0) is 6.54 Å². The first kappa shape index (κ1) is 24.7. The van der Waals surface area contributed by atoms with Gasteiger partial charge in [-0.25, -0.2) is 9.78 Å². The molecule has 0 bridgehead atoms. The van der Waals surface area contributed by atoms with E-state index in [2.05, 4.69) is 35.7 Å². The van der Waals surface area contributed by atoms with E-state index >= 15 is 0 Å². The standard InChI is InChI=1S/C22H31N7O.HI/c1-17(2)26-22(30)27-19-9-7-18(8-10-19)16-25-21(23-3)29-14-12-28(13-15-29)20-6-4-5-11-24-20;/h4-11,17H,12-16H2,1-3H3,(H,23,25)(H2,26,27,30);1H. The average Bonchev–Trinajstić information content (AvgIpc) is 2.76. The van der Waals surface area contributed by atoms with Gasteiger partial charge in [-0.1, -0.05) is 18.2 Å². The van der Waals surface area contributed by atoms with Crippen LogP contribution in [-0.4, -0.2) is 61.1 Å². The van der Waals surface area contributed by atoms with Crippen molar-refractivity contribution in [3.63, 3.8) is 0 Å². The fourth-order valence-corrected chi connectivity index (χ4v) is 3.34. The van der Waals surface area contributed by atoms with Crippen molar-refractivity contribution in [3.8, 4) is 0 Å². The summed E-state index contributed by atoms with van der Waals surface area (Å²) in [5.74, 6) is 1.92. The zero-order valence-corrected chi connectivity index (χ0v) is 20.7. The maximum Gasteiger partial charge on any atom is 0.319 e. The topological polar surface area (TPSA) is 84.9 Å². The largest absolute Gasteiger partial charge is 0.353 e. The Bertz CT molecular complexity index is 835. The maximum absolute atomic E-state index is 11.8. The van der Waals surface area contributed by atoms with Crippen LogP contribution < -0.4 is 20.9 Å². The van der Waals surface area contributed by atoms with Crippen LogP contribution in [0.25, 0.3) is 0 Å². The van der Waals surface area contributed by atoms with Gasteiger partial charge in [0.15, 0.2) is 5.96 Å². The molecule has 1 fully saturated rings. The molecular weight excluding hydrogens is 505 g/mol. The Hall–Kier alpha value is -2.56. The Morgan fingerprint density at radius 1 is 1.10 bits per heavy atom. The molecule has 0 spiro atoms. The van der Waals surface area contributed by atoms with Crippen molar-refractivity contribution in [1.29, 1.82) is 0 Å². The van der Waals surface area contributed by atoms with E-state index in [1.807, 2.05) is 69.6 Å². The number of aliphatic imine (C=N–C) groups is 1. The van der Waals surface area contributed by atoms with Gasteiger partial charge in [0, 0.05) is 57.7 Å². The monoisotopic (exact) mass is 537 g/mol. The second-order valence-corrected chi connectivity index (χ2v) is 7.51. The molecule has 168 valence electrons. The van der Waals surface area contributed by atoms with Crippen molar-refractivity contribution in [1.82, 2.24) is 20.5 Å². The SMILES string of the molecule is CN=C(NCc1ccc(NC(=O)NC(C)C)cc1)N1CCN(c2ccccn2)CC1.I. The Balaban J connectivity index is 0.00000341. The van der Waals surface area contributed by atoms with Gasteiger partial charge in [0.25, 0.3) is 0 Å². The smallest absolute Gasteiger partial charge is 0.319 e. The number of nitrogens with one attached hydrogen (secondary N) is 3. The lowest BCUT2D eigenvalue weighted by atomic mass is 10.2. The molecule has 1 aliphatic heterocycles. The van der Waals surface area contributed by atoms with Gasteiger partial charge in [-0.2, -0.15) is 0 Å². The number of carbonyl (C=O) groups is 1. The number of guanidine groups is 1. The number of anilines is 2. The molecule has 1 aromatic carbocycles. The number of pyridine rings is 1. The number of rotatable bonds is 5. The molecule has 0 saturated carbocycles. The molecule has 1 aliphatic rings. The molecule has 9 heteroatoms. The third kappa shape index (κ3) is 7.57. The van der Waals surface area contributed by atoms with Gasteiger partial charge in [-0.15, -0.1) is 24.0 Å². The molecular formula is C22H32IN7O. The summed E-state index contributed by atoms with van der Waals surface area (Å²) in [5.41, 5.74) is 1.89. The fourth-order valence-electron chi connectivity index (χ4n) is 3.34. The van der Waals surface area contributed by atoms with Gasteiger partial charge in [-0.3, -0.25) is 4.99 Å². The Morgan fingerprint density at radius 2 is 1.81 bits per heavy atom. The average molecular weight is 537 g/mol. The Kier molecular flexibility index (Phi) is 9.83. The van der Waals surface area contributed by atoms with E-state index in [0.717, 1.165) is 49.2 Å². The predicted octanol–water partition coefficient (Wildman–Crippen LogP) is 3.13. The van der Waals surface area contributed by atoms with E-state index in [0.29, 0.717) is 6.54 Å². The van der Waals surface area contributed by atoms with Gasteiger partial charge in [0.1, 0.15) is 5.82 Å². The van der Waals surface area contributed by atoms with Gasteiger partial charge in [-0.05, 0) is 43.7 Å². The summed E-state index contributed by atoms with van der Waals surface area (Å²) < 4.78 is 0. The quantitative estimate of drug-likeness (QED) is 0.310. The molecule has 31 heavy (non-hydrogen) atoms. The first-order valence-corrected chi connectivity index (χ1v) is 10.3. The third-order valence-electron chi connectivity index (χ3n) is 4.85. The van der Waals surface area contributed by atoms with Crippen LogP contribution in [0.2, 0.25) is 0 Å². The van der Waals surface area contributed by atoms with Crippen LogP contribution in [0, 0.1) is 0 Å². The summed E-state index contributed by atoms with van der Waals surface area (Å²) in [7, 11) is 1.81. The lowest BCUT2D eigenvalue weighted by Gasteiger charge is -2.37. The molecule has 0 unspecified atom stereocenters. The zero-order chi connectivity index (χ0) is 21.3. The number of aromatic nitrogens is 1. The van der Waals surface area contributed by atoms with E-state index in [4.69, 9.17) is 0 Å². The Morgan fingerprint density at radius 3 is 2.39 bits per heavy atom. The van der Waals surface area contributed by atoms with Crippen LogP contribution in [0.5, 0.6) is 0 Å². The van der Waals surface area contributed by atoms with Crippen molar-refractivity contribution in [2.75, 3.05) is 43.4 Å². The molecule has 0 aliphatic carbocycles. The van der Waals surface area contributed by atoms with Gasteiger partial charge >= 0.3 is 6.03 Å². The van der Waals surface area contributed by atoms with Crippen LogP contribution in [0.3, 0.4) is 0 Å². The van der Waals surface area contributed by atoms with E-state index in [9.17, 15) is 4.79 Å². The normalized spacial score (nSPS) is 14.1. The number of hydrogen-bond donors (Lipinski definition) is 3. The van der Waals surface area contributed by atoms with Gasteiger partial charge in [0.2, 0.25) is 0 Å². The minimum Gasteiger partial charge on any atom is -0.353 e. The van der Waals surface area contributed by atoms with Crippen LogP contribution in [0.15, 0.2) is 53.7 Å². The fraction of sp³-hybridized carbons (Fsp3) is 0.409. The highest BCUT2D eigenvalue weighted by Crippen LogP contribution is 2.13. The molecule has 1 aromatic heterocycles. The molecule has 8 nitrogen and oxygen atoms in total. The molecule has 2 amide bonds. The number of nitrogens with zero attached hydrogens (tertiary/aromatic N) is 4. The number of benzene rings is 1. The lowest BCUT2D eigenvalue weighted by molar-refractivity contribution is 0.250. The third-order valence-corrected chi connectivity index (χ3v) is 4.85. The molecule has 3 N–H and O–H groups in total. The zero-order valence-electron chi connectivity index (χ0n) is 18.3. The highest BCUT2D eigenvalue weighted by atomic mass is 127. The molecule has 2 aromatic rings. The summed E-state index contributed by atoms with van der Waals surface area (Å²) in [5, 5.41) is 9.08. The molecule has 0 atom stereocenters. The highest BCUT2D eigenvalue weighted by Gasteiger charge is 2.20. The highest BCUT2D eigenvalue weighted by molar-refractivity contribution is 14.0. The Labute approximate surface area is 201 Å². The second-order valence-electron chi connectivity index (χ2n) is 7.51. The summed E-state index contributed by atoms with van der Waals surface area (Å²) >= 11 is 0. The first-order chi connectivity index (χ1) is 14.5. The molecule has 1 saturated heterocycles. The van der Waals surface area contributed by atoms with E-state index in [1.165, 1.54) is 0 Å². The molecule has 2 heterocycles. The van der Waals surface area contributed by atoms with Crippen LogP contribution in [0.4, 0.5) is 16.3 Å². The number of urea groups is 1. The summed E-state index contributed by atoms with van der Waals surface area (Å²) in [6, 6.07) is 13.7. The van der Waals surface area contributed by atoms with Crippen LogP contribution >= 0.6 is 24.0 Å². The molecule has 3 rings (SSSR count).